The fourth-order valence-electron chi connectivity index (χ4n) is 3.36. The molecule has 168 valence electrons. The minimum Gasteiger partial charge on any atom is -0.323 e. The summed E-state index contributed by atoms with van der Waals surface area (Å²) in [7, 11) is -4.20. The maximum Gasteiger partial charge on any atom is 0.417 e. The molecule has 1 fully saturated rings. The number of amides is 1. The molecule has 2 aromatic carbocycles. The second kappa shape index (κ2) is 8.76. The maximum atomic E-state index is 13.9. The molecule has 3 rings (SSSR count). The van der Waals surface area contributed by atoms with Gasteiger partial charge in [0, 0.05) is 19.0 Å². The van der Waals surface area contributed by atoms with Gasteiger partial charge in [-0.2, -0.15) is 17.5 Å². The normalized spacial score (nSPS) is 16.3. The number of aryl methyl sites for hydroxylation is 1. The van der Waals surface area contributed by atoms with Gasteiger partial charge >= 0.3 is 6.18 Å². The molecule has 1 aliphatic rings. The minimum absolute atomic E-state index is 0.0425. The average molecular weight is 479 g/mol. The van der Waals surface area contributed by atoms with Crippen LogP contribution in [0.25, 0.3) is 0 Å². The van der Waals surface area contributed by atoms with Crippen LogP contribution in [-0.4, -0.2) is 31.7 Å². The van der Waals surface area contributed by atoms with Gasteiger partial charge in [0.15, 0.2) is 0 Å². The monoisotopic (exact) mass is 478 g/mol. The number of hydrogen-bond donors (Lipinski definition) is 1. The molecule has 0 unspecified atom stereocenters. The smallest absolute Gasteiger partial charge is 0.323 e. The molecule has 0 aliphatic carbocycles. The van der Waals surface area contributed by atoms with E-state index in [9.17, 15) is 30.8 Å². The summed E-state index contributed by atoms with van der Waals surface area (Å²) in [6.45, 7) is 1.64. The van der Waals surface area contributed by atoms with Gasteiger partial charge in [-0.05, 0) is 55.7 Å². The SMILES string of the molecule is Cc1ccc(F)c(NC(=O)C2CCN(S(=O)(=O)c3ccc(Cl)c(C(F)(F)F)c3)CC2)c1. The molecule has 2 aromatic rings. The number of nitrogens with zero attached hydrogens (tertiary/aromatic N) is 1. The van der Waals surface area contributed by atoms with Gasteiger partial charge in [-0.15, -0.1) is 0 Å². The van der Waals surface area contributed by atoms with Crippen molar-refractivity contribution in [1.82, 2.24) is 4.31 Å². The number of benzene rings is 2. The lowest BCUT2D eigenvalue weighted by Crippen LogP contribution is -2.41. The molecule has 0 radical (unpaired) electrons. The Balaban J connectivity index is 1.70. The topological polar surface area (TPSA) is 66.5 Å². The van der Waals surface area contributed by atoms with Crippen molar-refractivity contribution in [2.45, 2.75) is 30.8 Å². The van der Waals surface area contributed by atoms with Crippen molar-refractivity contribution >= 4 is 33.2 Å². The van der Waals surface area contributed by atoms with E-state index >= 15 is 0 Å². The molecule has 0 spiro atoms. The van der Waals surface area contributed by atoms with E-state index < -0.39 is 49.3 Å². The number of anilines is 1. The molecule has 1 amide bonds. The van der Waals surface area contributed by atoms with Gasteiger partial charge in [0.2, 0.25) is 15.9 Å². The molecule has 1 heterocycles. The van der Waals surface area contributed by atoms with Crippen LogP contribution in [0.5, 0.6) is 0 Å². The highest BCUT2D eigenvalue weighted by Crippen LogP contribution is 2.37. The Labute approximate surface area is 182 Å². The van der Waals surface area contributed by atoms with Crippen LogP contribution in [-0.2, 0) is 21.0 Å². The minimum atomic E-state index is -4.79. The predicted octanol–water partition coefficient (Wildman–Crippen LogP) is 4.85. The first kappa shape index (κ1) is 23.5. The van der Waals surface area contributed by atoms with Crippen molar-refractivity contribution in [3.05, 3.63) is 58.4 Å². The number of nitrogens with one attached hydrogen (secondary N) is 1. The van der Waals surface area contributed by atoms with E-state index in [4.69, 9.17) is 11.6 Å². The van der Waals surface area contributed by atoms with Gasteiger partial charge in [0.1, 0.15) is 5.82 Å². The van der Waals surface area contributed by atoms with E-state index in [1.165, 1.54) is 12.1 Å². The van der Waals surface area contributed by atoms with Crippen LogP contribution in [0.3, 0.4) is 0 Å². The van der Waals surface area contributed by atoms with E-state index in [1.807, 2.05) is 0 Å². The molecule has 0 saturated carbocycles. The Morgan fingerprint density at radius 3 is 2.39 bits per heavy atom. The van der Waals surface area contributed by atoms with E-state index in [1.54, 1.807) is 13.0 Å². The highest BCUT2D eigenvalue weighted by atomic mass is 35.5. The lowest BCUT2D eigenvalue weighted by Gasteiger charge is -2.30. The van der Waals surface area contributed by atoms with E-state index in [0.717, 1.165) is 22.0 Å². The van der Waals surface area contributed by atoms with Crippen molar-refractivity contribution in [3.8, 4) is 0 Å². The first-order valence-corrected chi connectivity index (χ1v) is 11.2. The molecular weight excluding hydrogens is 460 g/mol. The summed E-state index contributed by atoms with van der Waals surface area (Å²) in [5.41, 5.74) is -0.426. The number of carbonyl (C=O) groups excluding carboxylic acids is 1. The van der Waals surface area contributed by atoms with Gasteiger partial charge in [-0.1, -0.05) is 17.7 Å². The highest BCUT2D eigenvalue weighted by Gasteiger charge is 2.37. The average Bonchev–Trinajstić information content (AvgIpc) is 2.70. The number of alkyl halides is 3. The lowest BCUT2D eigenvalue weighted by molar-refractivity contribution is -0.137. The zero-order valence-corrected chi connectivity index (χ0v) is 17.9. The summed E-state index contributed by atoms with van der Waals surface area (Å²) in [5, 5.41) is 1.92. The Morgan fingerprint density at radius 2 is 1.77 bits per heavy atom. The summed E-state index contributed by atoms with van der Waals surface area (Å²) < 4.78 is 79.7. The molecule has 0 aromatic heterocycles. The van der Waals surface area contributed by atoms with E-state index in [-0.39, 0.29) is 31.6 Å². The standard InChI is InChI=1S/C20H19ClF4N2O3S/c1-12-2-5-17(22)18(10-12)26-19(28)13-6-8-27(9-7-13)31(29,30)14-3-4-16(21)15(11-14)20(23,24)25/h2-5,10-11,13H,6-9H2,1H3,(H,26,28). The van der Waals surface area contributed by atoms with Crippen molar-refractivity contribution in [2.24, 2.45) is 5.92 Å². The Morgan fingerprint density at radius 1 is 1.13 bits per heavy atom. The molecule has 1 N–H and O–H groups in total. The summed E-state index contributed by atoms with van der Waals surface area (Å²) >= 11 is 5.56. The van der Waals surface area contributed by atoms with Crippen LogP contribution in [0.15, 0.2) is 41.3 Å². The quantitative estimate of drug-likeness (QED) is 0.639. The molecule has 0 bridgehead atoms. The number of rotatable bonds is 4. The zero-order valence-electron chi connectivity index (χ0n) is 16.3. The third kappa shape index (κ3) is 5.19. The maximum absolute atomic E-state index is 13.9. The number of carbonyl (C=O) groups is 1. The second-order valence-corrected chi connectivity index (χ2v) is 9.64. The van der Waals surface area contributed by atoms with Gasteiger partial charge in [-0.3, -0.25) is 4.79 Å². The molecule has 5 nitrogen and oxygen atoms in total. The predicted molar refractivity (Wildman–Crippen MR) is 108 cm³/mol. The fourth-order valence-corrected chi connectivity index (χ4v) is 5.08. The van der Waals surface area contributed by atoms with Crippen molar-refractivity contribution in [3.63, 3.8) is 0 Å². The van der Waals surface area contributed by atoms with Gasteiger partial charge in [0.25, 0.3) is 0 Å². The first-order chi connectivity index (χ1) is 14.4. The van der Waals surface area contributed by atoms with Gasteiger partial charge < -0.3 is 5.32 Å². The fraction of sp³-hybridized carbons (Fsp3) is 0.350. The van der Waals surface area contributed by atoms with Crippen molar-refractivity contribution < 1.29 is 30.8 Å². The summed E-state index contributed by atoms with van der Waals surface area (Å²) in [6, 6.07) is 6.72. The Hall–Kier alpha value is -2.17. The molecule has 1 saturated heterocycles. The van der Waals surface area contributed by atoms with Crippen molar-refractivity contribution in [2.75, 3.05) is 18.4 Å². The highest BCUT2D eigenvalue weighted by molar-refractivity contribution is 7.89. The Kier molecular flexibility index (Phi) is 6.64. The van der Waals surface area contributed by atoms with Crippen LogP contribution in [0.4, 0.5) is 23.2 Å². The van der Waals surface area contributed by atoms with E-state index in [2.05, 4.69) is 5.32 Å². The molecule has 0 atom stereocenters. The lowest BCUT2D eigenvalue weighted by atomic mass is 9.97. The number of piperidine rings is 1. The van der Waals surface area contributed by atoms with Crippen LogP contribution in [0.1, 0.15) is 24.0 Å². The summed E-state index contributed by atoms with van der Waals surface area (Å²) in [4.78, 5) is 11.9. The van der Waals surface area contributed by atoms with E-state index in [0.29, 0.717) is 6.07 Å². The Bertz CT molecular complexity index is 1100. The van der Waals surface area contributed by atoms with Gasteiger partial charge in [-0.25, -0.2) is 12.8 Å². The molecule has 11 heteroatoms. The number of hydrogen-bond acceptors (Lipinski definition) is 3. The largest absolute Gasteiger partial charge is 0.417 e. The third-order valence-corrected chi connectivity index (χ3v) is 7.31. The number of sulfonamides is 1. The first-order valence-electron chi connectivity index (χ1n) is 9.33. The zero-order chi connectivity index (χ0) is 23.0. The summed E-state index contributed by atoms with van der Waals surface area (Å²) in [5.74, 6) is -1.57. The second-order valence-electron chi connectivity index (χ2n) is 7.29. The van der Waals surface area contributed by atoms with Crippen LogP contribution >= 0.6 is 11.6 Å². The van der Waals surface area contributed by atoms with Crippen molar-refractivity contribution in [1.29, 1.82) is 0 Å². The number of halogens is 5. The van der Waals surface area contributed by atoms with Gasteiger partial charge in [0.05, 0.1) is 21.2 Å². The third-order valence-electron chi connectivity index (χ3n) is 5.09. The molecule has 31 heavy (non-hydrogen) atoms. The van der Waals surface area contributed by atoms with Crippen LogP contribution in [0, 0.1) is 18.7 Å². The molecular formula is C20H19ClF4N2O3S. The van der Waals surface area contributed by atoms with Crippen LogP contribution in [0.2, 0.25) is 5.02 Å². The van der Waals surface area contributed by atoms with Crippen LogP contribution < -0.4 is 5.32 Å². The summed E-state index contributed by atoms with van der Waals surface area (Å²) in [6.07, 6.45) is -4.49. The molecule has 1 aliphatic heterocycles.